The number of aromatic nitrogens is 3. The lowest BCUT2D eigenvalue weighted by Crippen LogP contribution is -1.98. The van der Waals surface area contributed by atoms with E-state index >= 15 is 0 Å². The molecule has 0 bridgehead atoms. The minimum absolute atomic E-state index is 0.464. The number of hydrogen-bond acceptors (Lipinski definition) is 4. The SMILES string of the molecule is Cc1ccc(-c2nncn2C)cc1OCc1cscc1Cl. The molecular weight excluding hydrogens is 306 g/mol. The van der Waals surface area contributed by atoms with Crippen LogP contribution >= 0.6 is 22.9 Å². The van der Waals surface area contributed by atoms with Crippen molar-refractivity contribution in [2.24, 2.45) is 7.05 Å². The fraction of sp³-hybridized carbons (Fsp3) is 0.200. The Bertz CT molecular complexity index is 766. The minimum atomic E-state index is 0.464. The lowest BCUT2D eigenvalue weighted by atomic mass is 10.1. The van der Waals surface area contributed by atoms with Crippen molar-refractivity contribution in [2.75, 3.05) is 0 Å². The molecule has 3 rings (SSSR count). The quantitative estimate of drug-likeness (QED) is 0.727. The second-order valence-corrected chi connectivity index (χ2v) is 5.93. The summed E-state index contributed by atoms with van der Waals surface area (Å²) in [5.74, 6) is 1.64. The third kappa shape index (κ3) is 2.94. The molecule has 0 saturated heterocycles. The molecule has 21 heavy (non-hydrogen) atoms. The molecule has 6 heteroatoms. The molecule has 0 unspecified atom stereocenters. The molecule has 0 fully saturated rings. The van der Waals surface area contributed by atoms with Crippen LogP contribution in [0.3, 0.4) is 0 Å². The van der Waals surface area contributed by atoms with E-state index in [2.05, 4.69) is 10.2 Å². The third-order valence-corrected chi connectivity index (χ3v) is 4.50. The molecular formula is C15H14ClN3OS. The fourth-order valence-corrected chi connectivity index (χ4v) is 3.03. The Morgan fingerprint density at radius 2 is 2.19 bits per heavy atom. The summed E-state index contributed by atoms with van der Waals surface area (Å²) >= 11 is 7.66. The summed E-state index contributed by atoms with van der Waals surface area (Å²) in [6.07, 6.45) is 1.68. The van der Waals surface area contributed by atoms with Crippen LogP contribution in [-0.2, 0) is 13.7 Å². The molecule has 0 atom stereocenters. The Balaban J connectivity index is 1.85. The van der Waals surface area contributed by atoms with Crippen molar-refractivity contribution in [3.8, 4) is 17.1 Å². The Kier molecular flexibility index (Phi) is 3.94. The number of ether oxygens (including phenoxy) is 1. The van der Waals surface area contributed by atoms with Gasteiger partial charge in [0, 0.05) is 23.6 Å². The predicted molar refractivity (Wildman–Crippen MR) is 84.8 cm³/mol. The van der Waals surface area contributed by atoms with Gasteiger partial charge < -0.3 is 9.30 Å². The van der Waals surface area contributed by atoms with Crippen molar-refractivity contribution in [1.82, 2.24) is 14.8 Å². The van der Waals surface area contributed by atoms with E-state index in [-0.39, 0.29) is 0 Å². The van der Waals surface area contributed by atoms with Gasteiger partial charge >= 0.3 is 0 Å². The summed E-state index contributed by atoms with van der Waals surface area (Å²) in [5.41, 5.74) is 3.06. The number of hydrogen-bond donors (Lipinski definition) is 0. The van der Waals surface area contributed by atoms with Crippen LogP contribution in [0.25, 0.3) is 11.4 Å². The topological polar surface area (TPSA) is 39.9 Å². The van der Waals surface area contributed by atoms with Gasteiger partial charge in [0.1, 0.15) is 18.7 Å². The number of nitrogens with zero attached hydrogens (tertiary/aromatic N) is 3. The summed E-state index contributed by atoms with van der Waals surface area (Å²) < 4.78 is 7.78. The van der Waals surface area contributed by atoms with Crippen LogP contribution in [0.2, 0.25) is 5.02 Å². The summed E-state index contributed by atoms with van der Waals surface area (Å²) in [7, 11) is 1.92. The molecule has 2 aromatic heterocycles. The zero-order valence-electron chi connectivity index (χ0n) is 11.7. The molecule has 2 heterocycles. The number of rotatable bonds is 4. The van der Waals surface area contributed by atoms with Crippen LogP contribution in [-0.4, -0.2) is 14.8 Å². The summed E-state index contributed by atoms with van der Waals surface area (Å²) in [6.45, 7) is 2.48. The van der Waals surface area contributed by atoms with Crippen molar-refractivity contribution in [2.45, 2.75) is 13.5 Å². The molecule has 3 aromatic rings. The molecule has 0 aliphatic rings. The van der Waals surface area contributed by atoms with Gasteiger partial charge in [0.05, 0.1) is 5.02 Å². The zero-order chi connectivity index (χ0) is 14.8. The Morgan fingerprint density at radius 1 is 1.33 bits per heavy atom. The number of halogens is 1. The van der Waals surface area contributed by atoms with E-state index < -0.39 is 0 Å². The maximum Gasteiger partial charge on any atom is 0.163 e. The zero-order valence-corrected chi connectivity index (χ0v) is 13.3. The molecule has 0 aliphatic carbocycles. The molecule has 0 saturated carbocycles. The largest absolute Gasteiger partial charge is 0.489 e. The minimum Gasteiger partial charge on any atom is -0.489 e. The van der Waals surface area contributed by atoms with Crippen molar-refractivity contribution in [3.63, 3.8) is 0 Å². The van der Waals surface area contributed by atoms with Crippen molar-refractivity contribution < 1.29 is 4.74 Å². The predicted octanol–water partition coefficient (Wildman–Crippen LogP) is 4.08. The highest BCUT2D eigenvalue weighted by atomic mass is 35.5. The van der Waals surface area contributed by atoms with Gasteiger partial charge in [0.15, 0.2) is 5.82 Å². The molecule has 0 spiro atoms. The lowest BCUT2D eigenvalue weighted by molar-refractivity contribution is 0.305. The van der Waals surface area contributed by atoms with E-state index in [1.807, 2.05) is 47.5 Å². The van der Waals surface area contributed by atoms with Crippen LogP contribution < -0.4 is 4.74 Å². The van der Waals surface area contributed by atoms with Gasteiger partial charge in [-0.1, -0.05) is 23.7 Å². The highest BCUT2D eigenvalue weighted by Crippen LogP contribution is 2.28. The molecule has 0 radical (unpaired) electrons. The van der Waals surface area contributed by atoms with Crippen LogP contribution in [0.15, 0.2) is 35.3 Å². The number of aryl methyl sites for hydroxylation is 2. The summed E-state index contributed by atoms with van der Waals surface area (Å²) in [5, 5.41) is 12.7. The Hall–Kier alpha value is -1.85. The normalized spacial score (nSPS) is 10.8. The Morgan fingerprint density at radius 3 is 2.86 bits per heavy atom. The molecule has 4 nitrogen and oxygen atoms in total. The van der Waals surface area contributed by atoms with Crippen molar-refractivity contribution >= 4 is 22.9 Å². The highest BCUT2D eigenvalue weighted by Gasteiger charge is 2.09. The van der Waals surface area contributed by atoms with E-state index in [1.54, 1.807) is 17.7 Å². The van der Waals surface area contributed by atoms with Crippen LogP contribution in [0.4, 0.5) is 0 Å². The van der Waals surface area contributed by atoms with E-state index in [0.717, 1.165) is 33.3 Å². The number of thiophene rings is 1. The van der Waals surface area contributed by atoms with E-state index in [1.165, 1.54) is 0 Å². The maximum absolute atomic E-state index is 6.09. The van der Waals surface area contributed by atoms with Crippen molar-refractivity contribution in [1.29, 1.82) is 0 Å². The van der Waals surface area contributed by atoms with Gasteiger partial charge in [-0.05, 0) is 23.9 Å². The van der Waals surface area contributed by atoms with Gasteiger partial charge in [0.25, 0.3) is 0 Å². The molecule has 108 valence electrons. The van der Waals surface area contributed by atoms with Crippen LogP contribution in [0, 0.1) is 6.92 Å². The monoisotopic (exact) mass is 319 g/mol. The third-order valence-electron chi connectivity index (χ3n) is 3.23. The molecule has 0 aliphatic heterocycles. The van der Waals surface area contributed by atoms with E-state index in [4.69, 9.17) is 16.3 Å². The molecule has 1 aromatic carbocycles. The lowest BCUT2D eigenvalue weighted by Gasteiger charge is -2.10. The highest BCUT2D eigenvalue weighted by molar-refractivity contribution is 7.08. The first kappa shape index (κ1) is 14.1. The summed E-state index contributed by atoms with van der Waals surface area (Å²) in [6, 6.07) is 6.03. The second kappa shape index (κ2) is 5.87. The average molecular weight is 320 g/mol. The molecule has 0 N–H and O–H groups in total. The Labute approximate surface area is 132 Å². The standard InChI is InChI=1S/C15H14ClN3OS/c1-10-3-4-11(15-18-17-9-19(15)2)5-14(10)20-6-12-7-21-8-13(12)16/h3-5,7-9H,6H2,1-2H3. The van der Waals surface area contributed by atoms with E-state index in [0.29, 0.717) is 6.61 Å². The first-order valence-corrected chi connectivity index (χ1v) is 7.75. The summed E-state index contributed by atoms with van der Waals surface area (Å²) in [4.78, 5) is 0. The second-order valence-electron chi connectivity index (χ2n) is 4.78. The van der Waals surface area contributed by atoms with Crippen molar-refractivity contribution in [3.05, 3.63) is 51.4 Å². The first-order chi connectivity index (χ1) is 10.1. The smallest absolute Gasteiger partial charge is 0.163 e. The van der Waals surface area contributed by atoms with Crippen LogP contribution in [0.1, 0.15) is 11.1 Å². The maximum atomic E-state index is 6.09. The van der Waals surface area contributed by atoms with Gasteiger partial charge in [0.2, 0.25) is 0 Å². The van der Waals surface area contributed by atoms with Gasteiger partial charge in [-0.25, -0.2) is 0 Å². The van der Waals surface area contributed by atoms with Crippen LogP contribution in [0.5, 0.6) is 5.75 Å². The van der Waals surface area contributed by atoms with E-state index in [9.17, 15) is 0 Å². The van der Waals surface area contributed by atoms with Gasteiger partial charge in [-0.3, -0.25) is 0 Å². The first-order valence-electron chi connectivity index (χ1n) is 6.43. The average Bonchev–Trinajstić information content (AvgIpc) is 3.07. The van der Waals surface area contributed by atoms with Gasteiger partial charge in [-0.2, -0.15) is 11.3 Å². The number of benzene rings is 1. The molecule has 0 amide bonds. The van der Waals surface area contributed by atoms with Gasteiger partial charge in [-0.15, -0.1) is 10.2 Å². The fourth-order valence-electron chi connectivity index (χ4n) is 2.01.